The van der Waals surface area contributed by atoms with E-state index in [9.17, 15) is 0 Å². The van der Waals surface area contributed by atoms with E-state index in [0.717, 1.165) is 99.7 Å². The standard InChI is InChI=1S/C46H29N3.C42H29N3.C41H25N3S/c1-3-14-30(15-4-1)44-41-21-9-11-24-42(41)47-46(48-44)40-29-27-35(32-18-7-8-19-34(32)40)33-22-13-23-38-36(33)26-28-39-37-20-10-12-25-43(37)49(45(38)39)31-16-5-2-6-17-31;1-42(2)37-14-8-7-13-35(37)36-22-19-30-25-33(20-21-34(30)38(36)42)41-44-39(31-17-15-26-9-3-5-11-28(26)23-31)43-40(45-41)32-18-16-27-10-4-6-12-29(27)24-32;1-2-11-27(12-3-1)39-42-40(44-41(43-39)31-21-20-26-10-4-5-13-28(26)24-31)30-15-8-14-29(25-30)32-17-9-18-35-33(32)22-23-36-34-16-6-7-19-37(34)45-38(35)36/h1-29H;3-25H,1-2H3;1-25H. The lowest BCUT2D eigenvalue weighted by Gasteiger charge is -2.23. The number of thiophene rings is 1. The average Bonchev–Trinajstić information content (AvgIpc) is 1.04. The van der Waals surface area contributed by atoms with Crippen molar-refractivity contribution < 1.29 is 0 Å². The smallest absolute Gasteiger partial charge is 0.164 e. The van der Waals surface area contributed by atoms with Gasteiger partial charge in [0.25, 0.3) is 0 Å². The van der Waals surface area contributed by atoms with E-state index in [1.165, 1.54) is 135 Å². The van der Waals surface area contributed by atoms with E-state index in [1.807, 2.05) is 53.8 Å². The quantitative estimate of drug-likeness (QED) is 0.126. The van der Waals surface area contributed by atoms with Crippen molar-refractivity contribution in [2.45, 2.75) is 19.3 Å². The second-order valence-corrected chi connectivity index (χ2v) is 37.4. The topological polar surface area (TPSA) is 108 Å². The summed E-state index contributed by atoms with van der Waals surface area (Å²) in [6.07, 6.45) is 0. The van der Waals surface area contributed by atoms with Crippen LogP contribution in [0.5, 0.6) is 0 Å². The van der Waals surface area contributed by atoms with Gasteiger partial charge in [0.15, 0.2) is 40.8 Å². The second kappa shape index (κ2) is 33.9. The molecule has 0 spiro atoms. The van der Waals surface area contributed by atoms with Crippen LogP contribution < -0.4 is 0 Å². The summed E-state index contributed by atoms with van der Waals surface area (Å²) < 4.78 is 5.06. The maximum Gasteiger partial charge on any atom is 0.164 e. The SMILES string of the molecule is CC1(C)c2ccccc2-c2ccc3cc(-c4nc(-c5ccc6ccccc6c5)nc(-c5ccc6ccccc6c5)n4)ccc3c21.c1ccc(-c2nc(-c3ccc(-c4cccc5c4ccc4c6ccccc6n(-c6ccccc6)c54)c4ccccc34)nc3ccccc23)cc1.c1ccc(-c2nc(-c3cccc(-c4cccc5c4ccc4c6ccccc6sc54)c3)nc(-c3ccc4ccccc4c3)n2)cc1. The van der Waals surface area contributed by atoms with Crippen molar-refractivity contribution in [3.05, 3.63) is 478 Å². The molecule has 28 rings (SSSR count). The first-order chi connectivity index (χ1) is 68.6. The van der Waals surface area contributed by atoms with Gasteiger partial charge in [-0.3, -0.25) is 0 Å². The molecule has 650 valence electrons. The molecule has 0 amide bonds. The predicted octanol–water partition coefficient (Wildman–Crippen LogP) is 33.9. The Kier molecular flexibility index (Phi) is 19.9. The van der Waals surface area contributed by atoms with Crippen molar-refractivity contribution in [2.24, 2.45) is 0 Å². The van der Waals surface area contributed by atoms with Crippen molar-refractivity contribution in [3.63, 3.8) is 0 Å². The second-order valence-electron chi connectivity index (χ2n) is 36.3. The predicted molar refractivity (Wildman–Crippen MR) is 581 cm³/mol. The summed E-state index contributed by atoms with van der Waals surface area (Å²) >= 11 is 1.87. The Morgan fingerprint density at radius 3 is 1.24 bits per heavy atom. The molecule has 9 nitrogen and oxygen atoms in total. The molecule has 27 aromatic rings. The maximum absolute atomic E-state index is 5.22. The van der Waals surface area contributed by atoms with Crippen LogP contribution in [0.25, 0.3) is 258 Å². The summed E-state index contributed by atoms with van der Waals surface area (Å²) in [7, 11) is 0. The molecule has 139 heavy (non-hydrogen) atoms. The molecule has 1 aliphatic carbocycles. The van der Waals surface area contributed by atoms with Gasteiger partial charge < -0.3 is 4.57 Å². The van der Waals surface area contributed by atoms with Gasteiger partial charge in [0.1, 0.15) is 0 Å². The molecule has 22 aromatic carbocycles. The van der Waals surface area contributed by atoms with Crippen LogP contribution >= 0.6 is 11.3 Å². The molecule has 0 N–H and O–H groups in total. The summed E-state index contributed by atoms with van der Waals surface area (Å²) in [4.78, 5) is 40.6. The first kappa shape index (κ1) is 81.8. The zero-order chi connectivity index (χ0) is 92.2. The van der Waals surface area contributed by atoms with E-state index < -0.39 is 0 Å². The summed E-state index contributed by atoms with van der Waals surface area (Å²) in [6, 6.07) is 165. The molecule has 0 bridgehead atoms. The van der Waals surface area contributed by atoms with Crippen LogP contribution in [0, 0.1) is 0 Å². The van der Waals surface area contributed by atoms with Crippen LogP contribution in [-0.4, -0.2) is 44.4 Å². The van der Waals surface area contributed by atoms with E-state index >= 15 is 0 Å². The zero-order valence-electron chi connectivity index (χ0n) is 75.9. The van der Waals surface area contributed by atoms with Gasteiger partial charge in [-0.15, -0.1) is 11.3 Å². The Morgan fingerprint density at radius 2 is 0.597 bits per heavy atom. The van der Waals surface area contributed by atoms with Crippen molar-refractivity contribution in [2.75, 3.05) is 0 Å². The van der Waals surface area contributed by atoms with Gasteiger partial charge in [-0.2, -0.15) is 0 Å². The number of rotatable bonds is 11. The fourth-order valence-corrected chi connectivity index (χ4v) is 22.4. The molecule has 0 radical (unpaired) electrons. The van der Waals surface area contributed by atoms with E-state index in [0.29, 0.717) is 34.9 Å². The van der Waals surface area contributed by atoms with Gasteiger partial charge in [-0.05, 0) is 176 Å². The van der Waals surface area contributed by atoms with E-state index in [2.05, 4.69) is 443 Å². The molecular formula is C129H83N9S. The highest BCUT2D eigenvalue weighted by Crippen LogP contribution is 2.53. The van der Waals surface area contributed by atoms with Crippen LogP contribution in [0.3, 0.4) is 0 Å². The summed E-state index contributed by atoms with van der Waals surface area (Å²) in [6.45, 7) is 4.67. The zero-order valence-corrected chi connectivity index (χ0v) is 76.7. The summed E-state index contributed by atoms with van der Waals surface area (Å²) in [5, 5.41) is 23.0. The number of para-hydroxylation sites is 3. The Hall–Kier alpha value is -18.0. The lowest BCUT2D eigenvalue weighted by Crippen LogP contribution is -2.15. The van der Waals surface area contributed by atoms with Crippen molar-refractivity contribution >= 4 is 140 Å². The van der Waals surface area contributed by atoms with Crippen molar-refractivity contribution in [1.29, 1.82) is 0 Å². The Morgan fingerprint density at radius 1 is 0.209 bits per heavy atom. The van der Waals surface area contributed by atoms with Gasteiger partial charge in [-0.25, -0.2) is 39.9 Å². The Labute approximate surface area is 805 Å². The normalized spacial score (nSPS) is 12.2. The van der Waals surface area contributed by atoms with Gasteiger partial charge in [0.05, 0.1) is 22.2 Å². The molecule has 0 aliphatic heterocycles. The lowest BCUT2D eigenvalue weighted by atomic mass is 9.80. The lowest BCUT2D eigenvalue weighted by molar-refractivity contribution is 0.666. The Bertz CT molecular complexity index is 9550. The molecule has 5 aromatic heterocycles. The maximum atomic E-state index is 5.22. The van der Waals surface area contributed by atoms with E-state index in [4.69, 9.17) is 39.9 Å². The van der Waals surface area contributed by atoms with Crippen molar-refractivity contribution in [1.82, 2.24) is 44.4 Å². The van der Waals surface area contributed by atoms with Gasteiger partial charge in [0, 0.05) is 103 Å². The van der Waals surface area contributed by atoms with Crippen molar-refractivity contribution in [3.8, 4) is 130 Å². The van der Waals surface area contributed by atoms with Crippen LogP contribution in [0.4, 0.5) is 0 Å². The molecule has 5 heterocycles. The first-order valence-electron chi connectivity index (χ1n) is 47.2. The molecule has 0 saturated heterocycles. The number of hydrogen-bond donors (Lipinski definition) is 0. The number of fused-ring (bicyclic) bond motifs is 20. The molecule has 0 saturated carbocycles. The van der Waals surface area contributed by atoms with Crippen LogP contribution in [0.1, 0.15) is 25.0 Å². The highest BCUT2D eigenvalue weighted by molar-refractivity contribution is 7.26. The molecule has 10 heteroatoms. The fourth-order valence-electron chi connectivity index (χ4n) is 21.1. The number of benzene rings is 22. The first-order valence-corrected chi connectivity index (χ1v) is 48.0. The third-order valence-corrected chi connectivity index (χ3v) is 29.0. The largest absolute Gasteiger partial charge is 0.309 e. The highest BCUT2D eigenvalue weighted by Gasteiger charge is 2.37. The number of hydrogen-bond acceptors (Lipinski definition) is 9. The molecule has 1 aliphatic rings. The minimum atomic E-state index is -0.0768. The van der Waals surface area contributed by atoms with E-state index in [-0.39, 0.29) is 5.41 Å². The summed E-state index contributed by atoms with van der Waals surface area (Å²) in [5.41, 5.74) is 23.5. The number of aromatic nitrogens is 9. The molecule has 0 atom stereocenters. The van der Waals surface area contributed by atoms with Gasteiger partial charge >= 0.3 is 0 Å². The monoisotopic (exact) mass is 1790 g/mol. The highest BCUT2D eigenvalue weighted by atomic mass is 32.1. The Balaban J connectivity index is 0.000000108. The molecule has 0 fully saturated rings. The third-order valence-electron chi connectivity index (χ3n) is 27.8. The van der Waals surface area contributed by atoms with Crippen LogP contribution in [0.2, 0.25) is 0 Å². The molecular weight excluding hydrogens is 1710 g/mol. The molecule has 0 unspecified atom stereocenters. The third kappa shape index (κ3) is 14.5. The van der Waals surface area contributed by atoms with Crippen LogP contribution in [-0.2, 0) is 5.41 Å². The summed E-state index contributed by atoms with van der Waals surface area (Å²) in [5.74, 6) is 4.70. The fraction of sp³-hybridized carbons (Fsp3) is 0.0233. The van der Waals surface area contributed by atoms with E-state index in [1.54, 1.807) is 0 Å². The van der Waals surface area contributed by atoms with Gasteiger partial charge in [-0.1, -0.05) is 414 Å². The number of nitrogens with zero attached hydrogens (tertiary/aromatic N) is 9. The van der Waals surface area contributed by atoms with Gasteiger partial charge in [0.2, 0.25) is 0 Å². The minimum Gasteiger partial charge on any atom is -0.309 e. The average molecular weight is 1790 g/mol. The minimum absolute atomic E-state index is 0.0768. The van der Waals surface area contributed by atoms with Crippen LogP contribution in [0.15, 0.2) is 467 Å².